The van der Waals surface area contributed by atoms with Crippen LogP contribution in [0.3, 0.4) is 0 Å². The third-order valence-corrected chi connectivity index (χ3v) is 5.81. The smallest absolute Gasteiger partial charge is 0.337 e. The molecule has 0 amide bonds. The van der Waals surface area contributed by atoms with Crippen LogP contribution in [0, 0.1) is 19.8 Å². The number of hydrogen-bond donors (Lipinski definition) is 2. The van der Waals surface area contributed by atoms with Gasteiger partial charge in [-0.1, -0.05) is 23.8 Å². The molecule has 2 aromatic carbocycles. The summed E-state index contributed by atoms with van der Waals surface area (Å²) in [6.07, 6.45) is 2.39. The molecule has 0 bridgehead atoms. The maximum Gasteiger partial charge on any atom is 0.337 e. The first-order valence-electron chi connectivity index (χ1n) is 9.38. The van der Waals surface area contributed by atoms with Crippen molar-refractivity contribution in [2.75, 3.05) is 19.0 Å². The average molecular weight is 350 g/mol. The Labute approximate surface area is 155 Å². The minimum absolute atomic E-state index is 0.245. The molecule has 0 spiro atoms. The van der Waals surface area contributed by atoms with E-state index in [2.05, 4.69) is 48.7 Å². The molecule has 3 atom stereocenters. The van der Waals surface area contributed by atoms with Gasteiger partial charge < -0.3 is 15.4 Å². The fraction of sp³-hybridized carbons (Fsp3) is 0.409. The number of nitrogens with one attached hydrogen (secondary N) is 2. The first-order valence-corrected chi connectivity index (χ1v) is 9.38. The van der Waals surface area contributed by atoms with E-state index in [1.165, 1.54) is 42.3 Å². The lowest BCUT2D eigenvalue weighted by atomic mass is 9.74. The van der Waals surface area contributed by atoms with Gasteiger partial charge >= 0.3 is 5.97 Å². The first-order chi connectivity index (χ1) is 12.6. The highest BCUT2D eigenvalue weighted by Crippen LogP contribution is 2.47. The molecule has 2 aromatic rings. The van der Waals surface area contributed by atoms with Crippen LogP contribution in [0.2, 0.25) is 0 Å². The van der Waals surface area contributed by atoms with Gasteiger partial charge in [0.25, 0.3) is 0 Å². The molecule has 136 valence electrons. The molecule has 0 saturated carbocycles. The van der Waals surface area contributed by atoms with Crippen molar-refractivity contribution in [2.45, 2.75) is 38.8 Å². The molecular formula is C22H26N2O2. The van der Waals surface area contributed by atoms with Gasteiger partial charge in [-0.15, -0.1) is 0 Å². The SMILES string of the molecule is COC(=O)c1ccc([C@@H]2Nc3ccc(C)cc3[C@@H]3NCCC[C@@H]23)c(C)c1. The minimum Gasteiger partial charge on any atom is -0.465 e. The van der Waals surface area contributed by atoms with Gasteiger partial charge in [0.05, 0.1) is 18.7 Å². The van der Waals surface area contributed by atoms with E-state index in [-0.39, 0.29) is 12.0 Å². The zero-order chi connectivity index (χ0) is 18.3. The minimum atomic E-state index is -0.283. The normalized spacial score (nSPS) is 24.2. The Balaban J connectivity index is 1.74. The number of ether oxygens (including phenoxy) is 1. The fourth-order valence-electron chi connectivity index (χ4n) is 4.54. The zero-order valence-corrected chi connectivity index (χ0v) is 15.6. The average Bonchev–Trinajstić information content (AvgIpc) is 2.67. The summed E-state index contributed by atoms with van der Waals surface area (Å²) in [5.41, 5.74) is 6.91. The van der Waals surface area contributed by atoms with Crippen LogP contribution in [0.4, 0.5) is 5.69 Å². The van der Waals surface area contributed by atoms with E-state index in [0.29, 0.717) is 17.5 Å². The van der Waals surface area contributed by atoms with E-state index >= 15 is 0 Å². The Hall–Kier alpha value is -2.33. The molecule has 26 heavy (non-hydrogen) atoms. The number of methoxy groups -OCH3 is 1. The molecule has 2 N–H and O–H groups in total. The van der Waals surface area contributed by atoms with Gasteiger partial charge in [0.1, 0.15) is 0 Å². The fourth-order valence-corrected chi connectivity index (χ4v) is 4.54. The molecule has 1 fully saturated rings. The highest BCUT2D eigenvalue weighted by atomic mass is 16.5. The second-order valence-corrected chi connectivity index (χ2v) is 7.51. The van der Waals surface area contributed by atoms with Crippen LogP contribution in [-0.4, -0.2) is 19.6 Å². The van der Waals surface area contributed by atoms with Crippen molar-refractivity contribution in [3.63, 3.8) is 0 Å². The lowest BCUT2D eigenvalue weighted by Crippen LogP contribution is -2.42. The molecule has 0 radical (unpaired) electrons. The number of esters is 1. The van der Waals surface area contributed by atoms with Crippen LogP contribution in [0.5, 0.6) is 0 Å². The van der Waals surface area contributed by atoms with Crippen LogP contribution in [0.1, 0.15) is 57.5 Å². The maximum atomic E-state index is 11.8. The molecule has 2 aliphatic heterocycles. The number of fused-ring (bicyclic) bond motifs is 3. The van der Waals surface area contributed by atoms with Crippen molar-refractivity contribution in [1.29, 1.82) is 0 Å². The number of benzene rings is 2. The molecule has 4 heteroatoms. The van der Waals surface area contributed by atoms with Gasteiger partial charge in [-0.2, -0.15) is 0 Å². The summed E-state index contributed by atoms with van der Waals surface area (Å²) in [5.74, 6) is 0.218. The Morgan fingerprint density at radius 3 is 2.69 bits per heavy atom. The predicted octanol–water partition coefficient (Wildman–Crippen LogP) is 4.30. The van der Waals surface area contributed by atoms with Gasteiger partial charge in [-0.05, 0) is 68.1 Å². The molecule has 0 unspecified atom stereocenters. The van der Waals surface area contributed by atoms with E-state index in [1.54, 1.807) is 0 Å². The molecule has 0 aromatic heterocycles. The van der Waals surface area contributed by atoms with Crippen molar-refractivity contribution in [3.05, 3.63) is 64.2 Å². The third-order valence-electron chi connectivity index (χ3n) is 5.81. The van der Waals surface area contributed by atoms with Crippen LogP contribution >= 0.6 is 0 Å². The second-order valence-electron chi connectivity index (χ2n) is 7.51. The largest absolute Gasteiger partial charge is 0.465 e. The summed E-state index contributed by atoms with van der Waals surface area (Å²) in [7, 11) is 1.42. The number of rotatable bonds is 2. The standard InChI is InChI=1S/C22H26N2O2/c1-13-6-9-19-18(11-13)20-17(5-4-10-23-20)21(24-19)16-8-7-15(12-14(16)2)22(25)26-3/h6-9,11-12,17,20-21,23-24H,4-5,10H2,1-3H3/t17-,20-,21+/m1/s1. The van der Waals surface area contributed by atoms with Crippen LogP contribution < -0.4 is 10.6 Å². The van der Waals surface area contributed by atoms with Crippen LogP contribution in [0.25, 0.3) is 0 Å². The lowest BCUT2D eigenvalue weighted by molar-refractivity contribution is 0.0600. The molecule has 0 aliphatic carbocycles. The Bertz CT molecular complexity index is 846. The van der Waals surface area contributed by atoms with Crippen molar-refractivity contribution in [1.82, 2.24) is 5.32 Å². The van der Waals surface area contributed by atoms with E-state index in [1.807, 2.05) is 12.1 Å². The number of carbonyl (C=O) groups is 1. The quantitative estimate of drug-likeness (QED) is 0.793. The Kier molecular flexibility index (Phi) is 4.45. The van der Waals surface area contributed by atoms with Gasteiger partial charge in [-0.25, -0.2) is 4.79 Å². The molecule has 4 nitrogen and oxygen atoms in total. The summed E-state index contributed by atoms with van der Waals surface area (Å²) >= 11 is 0. The third kappa shape index (κ3) is 2.88. The van der Waals surface area contributed by atoms with Crippen LogP contribution in [0.15, 0.2) is 36.4 Å². The topological polar surface area (TPSA) is 50.4 Å². The number of aryl methyl sites for hydroxylation is 2. The molecular weight excluding hydrogens is 324 g/mol. The van der Waals surface area contributed by atoms with Gasteiger partial charge in [-0.3, -0.25) is 0 Å². The van der Waals surface area contributed by atoms with Gasteiger partial charge in [0, 0.05) is 17.6 Å². The summed E-state index contributed by atoms with van der Waals surface area (Å²) in [6.45, 7) is 5.31. The maximum absolute atomic E-state index is 11.8. The highest BCUT2D eigenvalue weighted by Gasteiger charge is 2.39. The monoisotopic (exact) mass is 350 g/mol. The summed E-state index contributed by atoms with van der Waals surface area (Å²) in [6, 6.07) is 13.2. The first kappa shape index (κ1) is 17.1. The number of hydrogen-bond acceptors (Lipinski definition) is 4. The van der Waals surface area contributed by atoms with E-state index in [4.69, 9.17) is 4.74 Å². The number of carbonyl (C=O) groups excluding carboxylic acids is 1. The van der Waals surface area contributed by atoms with Crippen LogP contribution in [-0.2, 0) is 4.74 Å². The van der Waals surface area contributed by atoms with Gasteiger partial charge in [0.15, 0.2) is 0 Å². The molecule has 2 heterocycles. The van der Waals surface area contributed by atoms with Crippen molar-refractivity contribution >= 4 is 11.7 Å². The molecule has 1 saturated heterocycles. The highest BCUT2D eigenvalue weighted by molar-refractivity contribution is 5.89. The van der Waals surface area contributed by atoms with E-state index in [9.17, 15) is 4.79 Å². The Morgan fingerprint density at radius 2 is 1.92 bits per heavy atom. The molecule has 4 rings (SSSR count). The molecule has 2 aliphatic rings. The summed E-state index contributed by atoms with van der Waals surface area (Å²) < 4.78 is 4.86. The van der Waals surface area contributed by atoms with Crippen molar-refractivity contribution in [3.8, 4) is 0 Å². The van der Waals surface area contributed by atoms with E-state index < -0.39 is 0 Å². The lowest BCUT2D eigenvalue weighted by Gasteiger charge is -2.44. The number of anilines is 1. The van der Waals surface area contributed by atoms with Crippen molar-refractivity contribution < 1.29 is 9.53 Å². The van der Waals surface area contributed by atoms with E-state index in [0.717, 1.165) is 12.1 Å². The van der Waals surface area contributed by atoms with Gasteiger partial charge in [0.2, 0.25) is 0 Å². The Morgan fingerprint density at radius 1 is 1.08 bits per heavy atom. The summed E-state index contributed by atoms with van der Waals surface area (Å²) in [5, 5.41) is 7.54. The second kappa shape index (κ2) is 6.76. The van der Waals surface area contributed by atoms with Crippen molar-refractivity contribution in [2.24, 2.45) is 5.92 Å². The zero-order valence-electron chi connectivity index (χ0n) is 15.6. The number of piperidine rings is 1. The predicted molar refractivity (Wildman–Crippen MR) is 104 cm³/mol. The summed E-state index contributed by atoms with van der Waals surface area (Å²) in [4.78, 5) is 11.8.